The number of nitrogens with zero attached hydrogens (tertiary/aromatic N) is 2. The highest BCUT2D eigenvalue weighted by atomic mass is 32.2. The fourth-order valence-corrected chi connectivity index (χ4v) is 4.41. The van der Waals surface area contributed by atoms with Crippen LogP contribution in [0.15, 0.2) is 94.6 Å². The molecule has 0 unspecified atom stereocenters. The molecule has 31 heavy (non-hydrogen) atoms. The zero-order chi connectivity index (χ0) is 21.8. The predicted molar refractivity (Wildman–Crippen MR) is 126 cm³/mol. The van der Waals surface area contributed by atoms with E-state index in [4.69, 9.17) is 0 Å². The molecule has 0 bridgehead atoms. The van der Waals surface area contributed by atoms with Crippen LogP contribution in [0.2, 0.25) is 0 Å². The summed E-state index contributed by atoms with van der Waals surface area (Å²) in [5.74, 6) is 0.471. The van der Waals surface area contributed by atoms with Gasteiger partial charge in [0.1, 0.15) is 5.69 Å². The van der Waals surface area contributed by atoms with E-state index in [-0.39, 0.29) is 11.5 Å². The van der Waals surface area contributed by atoms with E-state index >= 15 is 0 Å². The smallest absolute Gasteiger partial charge is 0.295 e. The van der Waals surface area contributed by atoms with E-state index in [2.05, 4.69) is 17.4 Å². The van der Waals surface area contributed by atoms with E-state index in [0.717, 1.165) is 16.3 Å². The van der Waals surface area contributed by atoms with Gasteiger partial charge in [-0.15, -0.1) is 11.8 Å². The van der Waals surface area contributed by atoms with Crippen LogP contribution in [0.1, 0.15) is 21.6 Å². The maximum Gasteiger partial charge on any atom is 0.295 e. The van der Waals surface area contributed by atoms with Crippen LogP contribution < -0.4 is 10.9 Å². The summed E-state index contributed by atoms with van der Waals surface area (Å²) in [7, 11) is 1.81. The highest BCUT2D eigenvalue weighted by Crippen LogP contribution is 2.27. The van der Waals surface area contributed by atoms with Gasteiger partial charge in [0.15, 0.2) is 0 Å². The van der Waals surface area contributed by atoms with Gasteiger partial charge in [-0.1, -0.05) is 60.7 Å². The van der Waals surface area contributed by atoms with Crippen LogP contribution >= 0.6 is 11.8 Å². The van der Waals surface area contributed by atoms with Crippen molar-refractivity contribution in [3.8, 4) is 5.69 Å². The third-order valence-electron chi connectivity index (χ3n) is 5.16. The first-order valence-electron chi connectivity index (χ1n) is 9.97. The first-order chi connectivity index (χ1) is 15.1. The van der Waals surface area contributed by atoms with Crippen molar-refractivity contribution >= 4 is 23.4 Å². The maximum atomic E-state index is 13.1. The van der Waals surface area contributed by atoms with Gasteiger partial charge in [0.25, 0.3) is 11.5 Å². The van der Waals surface area contributed by atoms with Crippen LogP contribution in [0.25, 0.3) is 5.69 Å². The normalized spacial score (nSPS) is 10.8. The van der Waals surface area contributed by atoms with Gasteiger partial charge in [0.2, 0.25) is 0 Å². The molecule has 0 saturated carbocycles. The van der Waals surface area contributed by atoms with Gasteiger partial charge in [0.05, 0.1) is 16.9 Å². The minimum absolute atomic E-state index is 0.256. The molecule has 0 aliphatic rings. The molecule has 0 spiro atoms. The molecule has 156 valence electrons. The molecule has 0 aliphatic heterocycles. The quantitative estimate of drug-likeness (QED) is 0.438. The Morgan fingerprint density at radius 2 is 1.52 bits per heavy atom. The van der Waals surface area contributed by atoms with Gasteiger partial charge in [-0.25, -0.2) is 4.68 Å². The molecule has 1 amide bonds. The number of rotatable bonds is 6. The maximum absolute atomic E-state index is 13.1. The van der Waals surface area contributed by atoms with Crippen LogP contribution in [0.4, 0.5) is 5.69 Å². The second-order valence-corrected chi connectivity index (χ2v) is 8.18. The second kappa shape index (κ2) is 9.10. The molecule has 1 aromatic heterocycles. The largest absolute Gasteiger partial charge is 0.316 e. The summed E-state index contributed by atoms with van der Waals surface area (Å²) in [5.41, 5.74) is 3.21. The molecule has 4 rings (SSSR count). The van der Waals surface area contributed by atoms with Crippen LogP contribution in [-0.4, -0.2) is 15.3 Å². The topological polar surface area (TPSA) is 56.0 Å². The Morgan fingerprint density at radius 1 is 0.903 bits per heavy atom. The van der Waals surface area contributed by atoms with Crippen molar-refractivity contribution in [2.24, 2.45) is 7.05 Å². The molecule has 6 heteroatoms. The van der Waals surface area contributed by atoms with Crippen LogP contribution in [0.5, 0.6) is 0 Å². The SMILES string of the molecule is Cc1c(NC(=O)c2ccccc2SCc2ccccc2)c(=O)n(-c2ccccc2)n1C. The molecular weight excluding hydrogens is 406 g/mol. The number of nitrogens with one attached hydrogen (secondary N) is 1. The summed E-state index contributed by atoms with van der Waals surface area (Å²) in [4.78, 5) is 27.1. The van der Waals surface area contributed by atoms with Crippen molar-refractivity contribution in [3.63, 3.8) is 0 Å². The number of para-hydroxylation sites is 1. The Balaban J connectivity index is 1.61. The number of amides is 1. The van der Waals surface area contributed by atoms with Crippen molar-refractivity contribution in [1.82, 2.24) is 9.36 Å². The van der Waals surface area contributed by atoms with Gasteiger partial charge >= 0.3 is 0 Å². The molecule has 4 aromatic rings. The summed E-state index contributed by atoms with van der Waals surface area (Å²) >= 11 is 1.60. The van der Waals surface area contributed by atoms with Crippen molar-refractivity contribution in [2.45, 2.75) is 17.6 Å². The lowest BCUT2D eigenvalue weighted by molar-refractivity contribution is 0.102. The molecule has 0 saturated heterocycles. The van der Waals surface area contributed by atoms with Gasteiger partial charge in [-0.3, -0.25) is 14.3 Å². The van der Waals surface area contributed by atoms with Gasteiger partial charge < -0.3 is 5.32 Å². The monoisotopic (exact) mass is 429 g/mol. The Hall–Kier alpha value is -3.51. The van der Waals surface area contributed by atoms with E-state index in [1.54, 1.807) is 27.2 Å². The fourth-order valence-electron chi connectivity index (χ4n) is 3.41. The Labute approximate surface area is 185 Å². The zero-order valence-corrected chi connectivity index (χ0v) is 18.2. The number of anilines is 1. The zero-order valence-electron chi connectivity index (χ0n) is 17.4. The van der Waals surface area contributed by atoms with Crippen LogP contribution in [0.3, 0.4) is 0 Å². The van der Waals surface area contributed by atoms with E-state index in [1.165, 1.54) is 5.56 Å². The number of carbonyl (C=O) groups is 1. The summed E-state index contributed by atoms with van der Waals surface area (Å²) in [5, 5.41) is 2.86. The predicted octanol–water partition coefficient (Wildman–Crippen LogP) is 5.03. The number of hydrogen-bond donors (Lipinski definition) is 1. The second-order valence-electron chi connectivity index (χ2n) is 7.16. The van der Waals surface area contributed by atoms with Crippen LogP contribution in [-0.2, 0) is 12.8 Å². The van der Waals surface area contributed by atoms with Gasteiger partial charge in [-0.2, -0.15) is 0 Å². The van der Waals surface area contributed by atoms with Gasteiger partial charge in [-0.05, 0) is 36.8 Å². The van der Waals surface area contributed by atoms with Crippen LogP contribution in [0, 0.1) is 6.92 Å². The molecule has 0 fully saturated rings. The fraction of sp³-hybridized carbons (Fsp3) is 0.120. The number of carbonyl (C=O) groups excluding carboxylic acids is 1. The number of thioether (sulfide) groups is 1. The standard InChI is InChI=1S/C25H23N3O2S/c1-18-23(25(30)28(27(18)2)20-13-7-4-8-14-20)26-24(29)21-15-9-10-16-22(21)31-17-19-11-5-3-6-12-19/h3-16H,17H2,1-2H3,(H,26,29). The summed E-state index contributed by atoms with van der Waals surface area (Å²) in [6, 6.07) is 27.0. The van der Waals surface area contributed by atoms with E-state index in [9.17, 15) is 9.59 Å². The summed E-state index contributed by atoms with van der Waals surface area (Å²) < 4.78 is 3.31. The van der Waals surface area contributed by atoms with Crippen molar-refractivity contribution in [3.05, 3.63) is 112 Å². The van der Waals surface area contributed by atoms with Crippen molar-refractivity contribution < 1.29 is 4.79 Å². The third kappa shape index (κ3) is 4.34. The molecular formula is C25H23N3O2S. The molecule has 0 radical (unpaired) electrons. The molecule has 3 aromatic carbocycles. The molecule has 1 N–H and O–H groups in total. The lowest BCUT2D eigenvalue weighted by Crippen LogP contribution is -2.23. The molecule has 5 nitrogen and oxygen atoms in total. The lowest BCUT2D eigenvalue weighted by atomic mass is 10.2. The lowest BCUT2D eigenvalue weighted by Gasteiger charge is -2.09. The molecule has 0 atom stereocenters. The summed E-state index contributed by atoms with van der Waals surface area (Å²) in [6.07, 6.45) is 0. The Morgan fingerprint density at radius 3 is 2.23 bits per heavy atom. The van der Waals surface area contributed by atoms with E-state index in [0.29, 0.717) is 16.9 Å². The highest BCUT2D eigenvalue weighted by molar-refractivity contribution is 7.98. The van der Waals surface area contributed by atoms with E-state index < -0.39 is 0 Å². The van der Waals surface area contributed by atoms with E-state index in [1.807, 2.05) is 80.7 Å². The first-order valence-corrected chi connectivity index (χ1v) is 11.0. The number of benzene rings is 3. The average molecular weight is 430 g/mol. The molecule has 0 aliphatic carbocycles. The Kier molecular flexibility index (Phi) is 6.09. The minimum atomic E-state index is -0.290. The van der Waals surface area contributed by atoms with Crippen molar-refractivity contribution in [2.75, 3.05) is 5.32 Å². The molecule has 1 heterocycles. The number of hydrogen-bond acceptors (Lipinski definition) is 3. The minimum Gasteiger partial charge on any atom is -0.316 e. The van der Waals surface area contributed by atoms with Crippen molar-refractivity contribution in [1.29, 1.82) is 0 Å². The summed E-state index contributed by atoms with van der Waals surface area (Å²) in [6.45, 7) is 1.83. The van der Waals surface area contributed by atoms with Gasteiger partial charge in [0, 0.05) is 17.7 Å². The Bertz CT molecular complexity index is 1260. The first kappa shape index (κ1) is 20.8. The third-order valence-corrected chi connectivity index (χ3v) is 6.31. The highest BCUT2D eigenvalue weighted by Gasteiger charge is 2.20. The number of aromatic nitrogens is 2. The average Bonchev–Trinajstić information content (AvgIpc) is 3.02.